The van der Waals surface area contributed by atoms with Crippen molar-refractivity contribution in [1.29, 1.82) is 0 Å². The molecule has 2 aliphatic heterocycles. The number of rotatable bonds is 6. The first-order valence-corrected chi connectivity index (χ1v) is 11.4. The van der Waals surface area contributed by atoms with E-state index in [0.717, 1.165) is 12.8 Å². The van der Waals surface area contributed by atoms with Crippen molar-refractivity contribution in [3.05, 3.63) is 69.8 Å². The molecule has 0 spiro atoms. The Kier molecular flexibility index (Phi) is 5.64. The molecular formula is C24H25N5O5. The normalized spacial score (nSPS) is 19.7. The van der Waals surface area contributed by atoms with Crippen LogP contribution in [0.15, 0.2) is 48.5 Å². The number of para-hydroxylation sites is 2. The molecule has 1 atom stereocenters. The number of carbonyl (C=O) groups excluding carboxylic acids is 3. The smallest absolute Gasteiger partial charge is 0.292 e. The topological polar surface area (TPSA) is 116 Å². The predicted molar refractivity (Wildman–Crippen MR) is 123 cm³/mol. The minimum absolute atomic E-state index is 0.0427. The van der Waals surface area contributed by atoms with Crippen molar-refractivity contribution in [1.82, 2.24) is 15.1 Å². The third-order valence-corrected chi connectivity index (χ3v) is 6.65. The second kappa shape index (κ2) is 8.77. The van der Waals surface area contributed by atoms with Gasteiger partial charge in [0.1, 0.15) is 11.7 Å². The summed E-state index contributed by atoms with van der Waals surface area (Å²) in [4.78, 5) is 54.8. The Morgan fingerprint density at radius 3 is 2.38 bits per heavy atom. The van der Waals surface area contributed by atoms with Crippen LogP contribution in [0.3, 0.4) is 0 Å². The maximum absolute atomic E-state index is 13.1. The lowest BCUT2D eigenvalue weighted by Gasteiger charge is -2.36. The number of amides is 3. The zero-order chi connectivity index (χ0) is 23.8. The van der Waals surface area contributed by atoms with E-state index in [1.807, 2.05) is 11.0 Å². The van der Waals surface area contributed by atoms with Crippen LogP contribution in [0.2, 0.25) is 0 Å². The molecule has 1 aliphatic carbocycles. The average molecular weight is 463 g/mol. The van der Waals surface area contributed by atoms with Gasteiger partial charge in [0.15, 0.2) is 0 Å². The first-order chi connectivity index (χ1) is 16.5. The number of nitrogens with zero attached hydrogens (tertiary/aromatic N) is 4. The third kappa shape index (κ3) is 3.95. The number of fused-ring (bicyclic) bond motifs is 1. The first-order valence-electron chi connectivity index (χ1n) is 11.4. The fourth-order valence-corrected chi connectivity index (χ4v) is 4.79. The molecule has 3 aliphatic rings. The van der Waals surface area contributed by atoms with Gasteiger partial charge in [-0.3, -0.25) is 24.5 Å². The van der Waals surface area contributed by atoms with Crippen LogP contribution >= 0.6 is 0 Å². The molecule has 1 unspecified atom stereocenters. The molecule has 2 heterocycles. The third-order valence-electron chi connectivity index (χ3n) is 6.65. The van der Waals surface area contributed by atoms with E-state index >= 15 is 0 Å². The van der Waals surface area contributed by atoms with Crippen molar-refractivity contribution < 1.29 is 19.3 Å². The van der Waals surface area contributed by atoms with Gasteiger partial charge >= 0.3 is 0 Å². The second-order valence-corrected chi connectivity index (χ2v) is 8.76. The number of hydrogen-bond donors (Lipinski definition) is 1. The van der Waals surface area contributed by atoms with Crippen LogP contribution in [-0.4, -0.2) is 71.2 Å². The minimum atomic E-state index is -0.709. The first kappa shape index (κ1) is 21.9. The quantitative estimate of drug-likeness (QED) is 0.515. The summed E-state index contributed by atoms with van der Waals surface area (Å²) in [6, 6.07) is 13.1. The van der Waals surface area contributed by atoms with Crippen molar-refractivity contribution in [2.24, 2.45) is 0 Å². The van der Waals surface area contributed by atoms with E-state index in [1.54, 1.807) is 46.2 Å². The predicted octanol–water partition coefficient (Wildman–Crippen LogP) is 1.72. The van der Waals surface area contributed by atoms with Crippen molar-refractivity contribution in [2.45, 2.75) is 24.9 Å². The summed E-state index contributed by atoms with van der Waals surface area (Å²) in [5, 5.41) is 14.0. The van der Waals surface area contributed by atoms with Gasteiger partial charge in [-0.05, 0) is 30.5 Å². The van der Waals surface area contributed by atoms with Crippen LogP contribution in [0.5, 0.6) is 0 Å². The molecule has 2 fully saturated rings. The molecular weight excluding hydrogens is 438 g/mol. The highest BCUT2D eigenvalue weighted by molar-refractivity contribution is 6.05. The fraction of sp³-hybridized carbons (Fsp3) is 0.375. The Morgan fingerprint density at radius 2 is 1.68 bits per heavy atom. The summed E-state index contributed by atoms with van der Waals surface area (Å²) in [7, 11) is 0. The molecule has 2 aromatic carbocycles. The zero-order valence-electron chi connectivity index (χ0n) is 18.6. The molecule has 0 bridgehead atoms. The maximum Gasteiger partial charge on any atom is 0.292 e. The largest absolute Gasteiger partial charge is 0.362 e. The lowest BCUT2D eigenvalue weighted by Crippen LogP contribution is -2.52. The van der Waals surface area contributed by atoms with E-state index in [9.17, 15) is 24.5 Å². The Hall–Kier alpha value is -3.95. The van der Waals surface area contributed by atoms with E-state index in [-0.39, 0.29) is 36.0 Å². The van der Waals surface area contributed by atoms with Gasteiger partial charge in [0.05, 0.1) is 11.5 Å². The van der Waals surface area contributed by atoms with Gasteiger partial charge in [-0.15, -0.1) is 0 Å². The second-order valence-electron chi connectivity index (χ2n) is 8.76. The number of benzene rings is 2. The monoisotopic (exact) mass is 463 g/mol. The molecule has 1 saturated carbocycles. The summed E-state index contributed by atoms with van der Waals surface area (Å²) in [6.45, 7) is 1.57. The molecule has 10 nitrogen and oxygen atoms in total. The fourth-order valence-electron chi connectivity index (χ4n) is 4.79. The number of carbonyl (C=O) groups is 3. The van der Waals surface area contributed by atoms with Crippen molar-refractivity contribution in [3.8, 4) is 0 Å². The van der Waals surface area contributed by atoms with E-state index in [2.05, 4.69) is 5.32 Å². The Bertz CT molecular complexity index is 1160. The van der Waals surface area contributed by atoms with Crippen molar-refractivity contribution in [3.63, 3.8) is 0 Å². The highest BCUT2D eigenvalue weighted by atomic mass is 16.6. The highest BCUT2D eigenvalue weighted by Gasteiger charge is 2.47. The maximum atomic E-state index is 13.1. The lowest BCUT2D eigenvalue weighted by molar-refractivity contribution is -0.384. The molecule has 1 saturated heterocycles. The van der Waals surface area contributed by atoms with Crippen LogP contribution in [0.25, 0.3) is 0 Å². The van der Waals surface area contributed by atoms with Crippen LogP contribution in [0.1, 0.15) is 34.8 Å². The number of nitro benzene ring substituents is 1. The lowest BCUT2D eigenvalue weighted by atomic mass is 10.0. The van der Waals surface area contributed by atoms with Crippen LogP contribution in [-0.2, 0) is 9.59 Å². The summed E-state index contributed by atoms with van der Waals surface area (Å²) in [5.41, 5.74) is 1.81. The van der Waals surface area contributed by atoms with Gasteiger partial charge in [0.25, 0.3) is 11.6 Å². The number of nitro groups is 1. The van der Waals surface area contributed by atoms with E-state index in [1.165, 1.54) is 6.07 Å². The Morgan fingerprint density at radius 1 is 1.00 bits per heavy atom. The number of nitrogens with one attached hydrogen (secondary N) is 1. The molecule has 10 heteroatoms. The molecule has 1 N–H and O–H groups in total. The van der Waals surface area contributed by atoms with Gasteiger partial charge in [-0.25, -0.2) is 0 Å². The van der Waals surface area contributed by atoms with E-state index < -0.39 is 11.0 Å². The highest BCUT2D eigenvalue weighted by Crippen LogP contribution is 2.41. The Balaban J connectivity index is 1.19. The van der Waals surface area contributed by atoms with Gasteiger partial charge in [-0.2, -0.15) is 0 Å². The number of piperazine rings is 1. The van der Waals surface area contributed by atoms with Gasteiger partial charge in [-0.1, -0.05) is 30.3 Å². The van der Waals surface area contributed by atoms with Gasteiger partial charge in [0.2, 0.25) is 11.8 Å². The average Bonchev–Trinajstić information content (AvgIpc) is 3.66. The van der Waals surface area contributed by atoms with E-state index in [4.69, 9.17) is 0 Å². The van der Waals surface area contributed by atoms with Crippen LogP contribution in [0, 0.1) is 10.1 Å². The van der Waals surface area contributed by atoms with Crippen LogP contribution in [0.4, 0.5) is 11.4 Å². The van der Waals surface area contributed by atoms with E-state index in [0.29, 0.717) is 43.0 Å². The molecule has 0 radical (unpaired) electrons. The molecule has 176 valence electrons. The van der Waals surface area contributed by atoms with Gasteiger partial charge in [0, 0.05) is 43.9 Å². The minimum Gasteiger partial charge on any atom is -0.362 e. The molecule has 0 aromatic heterocycles. The molecule has 5 rings (SSSR count). The molecule has 2 aromatic rings. The summed E-state index contributed by atoms with van der Waals surface area (Å²) < 4.78 is 0. The van der Waals surface area contributed by atoms with Crippen molar-refractivity contribution >= 4 is 29.1 Å². The standard InChI is InChI=1S/C24H25N5O5/c30-21(27-13-11-26(12-14-27)19-7-3-4-8-20(19)29(33)34)15-25-23(31)22-17-5-1-2-6-18(17)24(32)28(22)16-9-10-16/h1-8,16,22H,9-15H2,(H,25,31). The Labute approximate surface area is 196 Å². The molecule has 3 amide bonds. The number of anilines is 1. The van der Waals surface area contributed by atoms with Crippen molar-refractivity contribution in [2.75, 3.05) is 37.6 Å². The zero-order valence-corrected chi connectivity index (χ0v) is 18.6. The summed E-state index contributed by atoms with van der Waals surface area (Å²) in [5.74, 6) is -0.695. The SMILES string of the molecule is O=C(NCC(=O)N1CCN(c2ccccc2[N+](=O)[O-])CC1)C1c2ccccc2C(=O)N1C1CC1. The number of hydrogen-bond acceptors (Lipinski definition) is 6. The van der Waals surface area contributed by atoms with Gasteiger partial charge < -0.3 is 20.0 Å². The van der Waals surface area contributed by atoms with Crippen LogP contribution < -0.4 is 10.2 Å². The molecule has 34 heavy (non-hydrogen) atoms. The summed E-state index contributed by atoms with van der Waals surface area (Å²) >= 11 is 0. The summed E-state index contributed by atoms with van der Waals surface area (Å²) in [6.07, 6.45) is 1.76.